The highest BCUT2D eigenvalue weighted by Gasteiger charge is 2.24. The maximum Gasteiger partial charge on any atom is 0.220 e. The lowest BCUT2D eigenvalue weighted by molar-refractivity contribution is 0.153. The molecule has 172 valence electrons. The van der Waals surface area contributed by atoms with E-state index in [2.05, 4.69) is 15.0 Å². The van der Waals surface area contributed by atoms with Crippen LogP contribution < -0.4 is 25.8 Å². The van der Waals surface area contributed by atoms with Crippen molar-refractivity contribution in [3.63, 3.8) is 0 Å². The number of likely N-dealkylation sites (N-methyl/N-ethyl adjacent to an activating group) is 1. The van der Waals surface area contributed by atoms with Crippen LogP contribution in [0.2, 0.25) is 0 Å². The molecule has 0 saturated heterocycles. The third-order valence-electron chi connectivity index (χ3n) is 5.68. The lowest BCUT2D eigenvalue weighted by atomic mass is 9.98. The number of pyridine rings is 1. The Balaban J connectivity index is 1.45. The average Bonchev–Trinajstić information content (AvgIpc) is 3.60. The summed E-state index contributed by atoms with van der Waals surface area (Å²) in [5.74, 6) is 7.74. The molecule has 32 heavy (non-hydrogen) atoms. The summed E-state index contributed by atoms with van der Waals surface area (Å²) in [5, 5.41) is 1.43. The molecule has 2 aliphatic rings. The van der Waals surface area contributed by atoms with Gasteiger partial charge in [0, 0.05) is 7.05 Å². The largest absolute Gasteiger partial charge is 0.489 e. The second kappa shape index (κ2) is 10.0. The zero-order valence-electron chi connectivity index (χ0n) is 18.8. The Hall–Kier alpha value is -3.07. The lowest BCUT2D eigenvalue weighted by Gasteiger charge is -2.24. The van der Waals surface area contributed by atoms with E-state index < -0.39 is 0 Å². The van der Waals surface area contributed by atoms with Crippen LogP contribution in [-0.4, -0.2) is 45.8 Å². The molecule has 0 radical (unpaired) electrons. The summed E-state index contributed by atoms with van der Waals surface area (Å²) in [6.45, 7) is 2.05. The molecule has 2 aromatic heterocycles. The van der Waals surface area contributed by atoms with E-state index in [1.807, 2.05) is 19.1 Å². The van der Waals surface area contributed by atoms with Gasteiger partial charge in [-0.2, -0.15) is 0 Å². The van der Waals surface area contributed by atoms with Gasteiger partial charge in [-0.05, 0) is 57.6 Å². The van der Waals surface area contributed by atoms with Gasteiger partial charge in [0.05, 0.1) is 35.0 Å². The van der Waals surface area contributed by atoms with Crippen LogP contribution in [0.4, 0.5) is 0 Å². The minimum atomic E-state index is 0.125. The zero-order chi connectivity index (χ0) is 22.5. The number of hydrogen-bond acceptors (Lipinski definition) is 9. The van der Waals surface area contributed by atoms with Gasteiger partial charge in [-0.25, -0.2) is 20.8 Å². The molecule has 2 heterocycles. The summed E-state index contributed by atoms with van der Waals surface area (Å²) >= 11 is 0. The van der Waals surface area contributed by atoms with E-state index in [-0.39, 0.29) is 18.8 Å². The number of rotatable bonds is 9. The van der Waals surface area contributed by atoms with E-state index in [9.17, 15) is 0 Å². The molecule has 0 atom stereocenters. The molecule has 2 aliphatic carbocycles. The maximum absolute atomic E-state index is 6.43. The highest BCUT2D eigenvalue weighted by molar-refractivity contribution is 5.63. The molecule has 4 N–H and O–H groups in total. The fourth-order valence-electron chi connectivity index (χ4n) is 3.67. The Morgan fingerprint density at radius 2 is 1.75 bits per heavy atom. The molecule has 2 saturated carbocycles. The highest BCUT2D eigenvalue weighted by Crippen LogP contribution is 2.28. The van der Waals surface area contributed by atoms with Crippen molar-refractivity contribution < 1.29 is 14.2 Å². The molecule has 2 fully saturated rings. The average molecular weight is 441 g/mol. The first kappa shape index (κ1) is 22.1. The third-order valence-corrected chi connectivity index (χ3v) is 5.68. The molecule has 0 unspecified atom stereocenters. The SMILES string of the molecule is Cc1nc(/C(N)=C(\COc2cc(OC3CC3)ncn2)N(C)N)ccc1OC1CCCCC1. The minimum Gasteiger partial charge on any atom is -0.489 e. The van der Waals surface area contributed by atoms with Crippen molar-refractivity contribution in [3.8, 4) is 17.5 Å². The molecule has 0 spiro atoms. The van der Waals surface area contributed by atoms with Gasteiger partial charge < -0.3 is 25.0 Å². The minimum absolute atomic E-state index is 0.125. The standard InChI is InChI=1S/C23H32N6O3/c1-15-20(31-16-6-4-3-5-7-16)11-10-18(28-15)23(24)19(29(2)25)13-30-21-12-22(27-14-26-21)32-17-8-9-17/h10-12,14,16-17H,3-9,13,24-25H2,1-2H3/b23-19-. The number of aryl methyl sites for hydroxylation is 1. The number of nitrogens with zero attached hydrogens (tertiary/aromatic N) is 4. The lowest BCUT2D eigenvalue weighted by Crippen LogP contribution is -2.31. The van der Waals surface area contributed by atoms with Gasteiger partial charge in [0.1, 0.15) is 24.8 Å². The van der Waals surface area contributed by atoms with E-state index >= 15 is 0 Å². The smallest absolute Gasteiger partial charge is 0.220 e. The molecule has 9 nitrogen and oxygen atoms in total. The van der Waals surface area contributed by atoms with Crippen LogP contribution in [0.1, 0.15) is 56.3 Å². The summed E-state index contributed by atoms with van der Waals surface area (Å²) in [4.78, 5) is 12.9. The third kappa shape index (κ3) is 5.79. The number of ether oxygens (including phenoxy) is 3. The predicted octanol–water partition coefficient (Wildman–Crippen LogP) is 2.94. The summed E-state index contributed by atoms with van der Waals surface area (Å²) < 4.78 is 17.7. The molecular formula is C23H32N6O3. The first-order valence-corrected chi connectivity index (χ1v) is 11.2. The Bertz CT molecular complexity index is 954. The fourth-order valence-corrected chi connectivity index (χ4v) is 3.67. The topological polar surface area (TPSA) is 122 Å². The van der Waals surface area contributed by atoms with E-state index in [4.69, 9.17) is 25.8 Å². The summed E-state index contributed by atoms with van der Waals surface area (Å²) in [5.41, 5.74) is 8.87. The number of aromatic nitrogens is 3. The molecule has 9 heteroatoms. The quantitative estimate of drug-likeness (QED) is 0.447. The van der Waals surface area contributed by atoms with Gasteiger partial charge >= 0.3 is 0 Å². The predicted molar refractivity (Wildman–Crippen MR) is 121 cm³/mol. The van der Waals surface area contributed by atoms with Gasteiger partial charge in [0.25, 0.3) is 0 Å². The Kier molecular flexibility index (Phi) is 6.94. The first-order chi connectivity index (χ1) is 15.5. The van der Waals surface area contributed by atoms with Crippen molar-refractivity contribution in [2.45, 2.75) is 64.1 Å². The molecule has 2 aromatic rings. The van der Waals surface area contributed by atoms with Gasteiger partial charge in [-0.3, -0.25) is 0 Å². The van der Waals surface area contributed by atoms with Gasteiger partial charge in [-0.15, -0.1) is 0 Å². The fraction of sp³-hybridized carbons (Fsp3) is 0.522. The second-order valence-corrected chi connectivity index (χ2v) is 8.43. The van der Waals surface area contributed by atoms with Crippen LogP contribution in [-0.2, 0) is 0 Å². The maximum atomic E-state index is 6.43. The van der Waals surface area contributed by atoms with E-state index in [1.165, 1.54) is 30.6 Å². The second-order valence-electron chi connectivity index (χ2n) is 8.43. The molecule has 0 aromatic carbocycles. The first-order valence-electron chi connectivity index (χ1n) is 11.2. The number of hydrogen-bond donors (Lipinski definition) is 2. The van der Waals surface area contributed by atoms with Crippen LogP contribution >= 0.6 is 0 Å². The van der Waals surface area contributed by atoms with Crippen LogP contribution in [0.5, 0.6) is 17.5 Å². The van der Waals surface area contributed by atoms with E-state index in [1.54, 1.807) is 13.1 Å². The molecular weight excluding hydrogens is 408 g/mol. The summed E-state index contributed by atoms with van der Waals surface area (Å²) in [6, 6.07) is 5.46. The van der Waals surface area contributed by atoms with Crippen molar-refractivity contribution in [2.24, 2.45) is 11.6 Å². The summed E-state index contributed by atoms with van der Waals surface area (Å²) in [7, 11) is 1.71. The van der Waals surface area contributed by atoms with Crippen molar-refractivity contribution in [1.29, 1.82) is 0 Å². The van der Waals surface area contributed by atoms with E-state index in [0.717, 1.165) is 37.1 Å². The van der Waals surface area contributed by atoms with Crippen LogP contribution in [0.15, 0.2) is 30.2 Å². The molecule has 0 bridgehead atoms. The normalized spacial score (nSPS) is 17.5. The molecule has 0 amide bonds. The van der Waals surface area contributed by atoms with E-state index in [0.29, 0.717) is 28.8 Å². The van der Waals surface area contributed by atoms with Crippen LogP contribution in [0.25, 0.3) is 5.70 Å². The molecule has 0 aliphatic heterocycles. The Labute approximate surface area is 188 Å². The Morgan fingerprint density at radius 1 is 1.03 bits per heavy atom. The number of nitrogens with two attached hydrogens (primary N) is 2. The summed E-state index contributed by atoms with van der Waals surface area (Å²) in [6.07, 6.45) is 9.97. The highest BCUT2D eigenvalue weighted by atomic mass is 16.5. The van der Waals surface area contributed by atoms with Crippen molar-refractivity contribution >= 4 is 5.70 Å². The monoisotopic (exact) mass is 440 g/mol. The van der Waals surface area contributed by atoms with Crippen molar-refractivity contribution in [2.75, 3.05) is 13.7 Å². The van der Waals surface area contributed by atoms with Crippen LogP contribution in [0.3, 0.4) is 0 Å². The van der Waals surface area contributed by atoms with Crippen molar-refractivity contribution in [1.82, 2.24) is 20.0 Å². The number of hydrazine groups is 1. The van der Waals surface area contributed by atoms with Crippen molar-refractivity contribution in [3.05, 3.63) is 41.6 Å². The molecule has 4 rings (SSSR count). The Morgan fingerprint density at radius 3 is 2.44 bits per heavy atom. The van der Waals surface area contributed by atoms with Crippen LogP contribution in [0, 0.1) is 6.92 Å². The van der Waals surface area contributed by atoms with Gasteiger partial charge in [-0.1, -0.05) is 6.42 Å². The zero-order valence-corrected chi connectivity index (χ0v) is 18.8. The van der Waals surface area contributed by atoms with Gasteiger partial charge in [0.15, 0.2) is 0 Å². The van der Waals surface area contributed by atoms with Gasteiger partial charge in [0.2, 0.25) is 11.8 Å².